The highest BCUT2D eigenvalue weighted by Crippen LogP contribution is 2.29. The fraction of sp³-hybridized carbons (Fsp3) is 0.615. The van der Waals surface area contributed by atoms with Gasteiger partial charge in [-0.25, -0.2) is 4.98 Å². The van der Waals surface area contributed by atoms with Crippen molar-refractivity contribution in [3.05, 3.63) is 17.8 Å². The Morgan fingerprint density at radius 1 is 1.35 bits per heavy atom. The number of rotatable bonds is 2. The van der Waals surface area contributed by atoms with E-state index < -0.39 is 0 Å². The molecule has 2 fully saturated rings. The van der Waals surface area contributed by atoms with Crippen molar-refractivity contribution in [1.29, 1.82) is 0 Å². The molecule has 0 amide bonds. The zero-order valence-corrected chi connectivity index (χ0v) is 10.3. The maximum Gasteiger partial charge on any atom is 0.126 e. The van der Waals surface area contributed by atoms with Crippen molar-refractivity contribution in [2.75, 3.05) is 24.1 Å². The molecule has 17 heavy (non-hydrogen) atoms. The Morgan fingerprint density at radius 2 is 2.24 bits per heavy atom. The SMILES string of the molecule is Cc1nc(NC2CCN3CCCC23)ccc1N. The fourth-order valence-corrected chi connectivity index (χ4v) is 3.09. The minimum atomic E-state index is 0.563. The summed E-state index contributed by atoms with van der Waals surface area (Å²) in [5.74, 6) is 0.968. The van der Waals surface area contributed by atoms with Gasteiger partial charge >= 0.3 is 0 Å². The van der Waals surface area contributed by atoms with Crippen LogP contribution >= 0.6 is 0 Å². The van der Waals surface area contributed by atoms with Gasteiger partial charge in [0, 0.05) is 18.6 Å². The highest BCUT2D eigenvalue weighted by atomic mass is 15.2. The number of pyridine rings is 1. The Bertz CT molecular complexity index is 418. The van der Waals surface area contributed by atoms with Crippen LogP contribution < -0.4 is 11.1 Å². The van der Waals surface area contributed by atoms with E-state index in [4.69, 9.17) is 5.73 Å². The molecule has 4 nitrogen and oxygen atoms in total. The van der Waals surface area contributed by atoms with E-state index in [1.807, 2.05) is 19.1 Å². The first-order chi connectivity index (χ1) is 8.24. The lowest BCUT2D eigenvalue weighted by molar-refractivity contribution is 0.318. The molecule has 4 heteroatoms. The number of nitrogens with two attached hydrogens (primary N) is 1. The highest BCUT2D eigenvalue weighted by Gasteiger charge is 2.37. The number of nitrogens with one attached hydrogen (secondary N) is 1. The molecule has 3 N–H and O–H groups in total. The van der Waals surface area contributed by atoms with Crippen LogP contribution in [0.2, 0.25) is 0 Å². The van der Waals surface area contributed by atoms with E-state index in [1.54, 1.807) is 0 Å². The van der Waals surface area contributed by atoms with Gasteiger partial charge in [0.2, 0.25) is 0 Å². The molecule has 1 aromatic rings. The van der Waals surface area contributed by atoms with Crippen LogP contribution in [0.5, 0.6) is 0 Å². The lowest BCUT2D eigenvalue weighted by Crippen LogP contribution is -2.34. The van der Waals surface area contributed by atoms with Gasteiger partial charge in [-0.15, -0.1) is 0 Å². The molecular weight excluding hydrogens is 212 g/mol. The van der Waals surface area contributed by atoms with Crippen LogP contribution in [-0.2, 0) is 0 Å². The quantitative estimate of drug-likeness (QED) is 0.813. The number of nitrogens with zero attached hydrogens (tertiary/aromatic N) is 2. The van der Waals surface area contributed by atoms with Gasteiger partial charge in [-0.2, -0.15) is 0 Å². The maximum absolute atomic E-state index is 5.78. The summed E-state index contributed by atoms with van der Waals surface area (Å²) in [5, 5.41) is 3.57. The van der Waals surface area contributed by atoms with Crippen molar-refractivity contribution in [1.82, 2.24) is 9.88 Å². The van der Waals surface area contributed by atoms with Gasteiger partial charge in [-0.1, -0.05) is 0 Å². The lowest BCUT2D eigenvalue weighted by Gasteiger charge is -2.22. The van der Waals surface area contributed by atoms with Gasteiger partial charge < -0.3 is 11.1 Å². The van der Waals surface area contributed by atoms with Crippen LogP contribution in [-0.4, -0.2) is 35.1 Å². The molecule has 2 saturated heterocycles. The summed E-state index contributed by atoms with van der Waals surface area (Å²) >= 11 is 0. The van der Waals surface area contributed by atoms with Gasteiger partial charge in [-0.05, 0) is 44.9 Å². The Morgan fingerprint density at radius 3 is 3.06 bits per heavy atom. The van der Waals surface area contributed by atoms with E-state index in [0.29, 0.717) is 6.04 Å². The minimum absolute atomic E-state index is 0.563. The third kappa shape index (κ3) is 1.97. The van der Waals surface area contributed by atoms with E-state index in [9.17, 15) is 0 Å². The van der Waals surface area contributed by atoms with Gasteiger partial charge in [0.05, 0.1) is 11.4 Å². The molecule has 3 rings (SSSR count). The van der Waals surface area contributed by atoms with Gasteiger partial charge in [-0.3, -0.25) is 4.90 Å². The van der Waals surface area contributed by atoms with Crippen molar-refractivity contribution in [2.24, 2.45) is 0 Å². The molecule has 0 bridgehead atoms. The second kappa shape index (κ2) is 4.18. The first-order valence-corrected chi connectivity index (χ1v) is 6.48. The minimum Gasteiger partial charge on any atom is -0.397 e. The van der Waals surface area contributed by atoms with Gasteiger partial charge in [0.15, 0.2) is 0 Å². The highest BCUT2D eigenvalue weighted by molar-refractivity contribution is 5.49. The van der Waals surface area contributed by atoms with E-state index in [2.05, 4.69) is 15.2 Å². The fourth-order valence-electron chi connectivity index (χ4n) is 3.09. The zero-order valence-electron chi connectivity index (χ0n) is 10.3. The molecule has 2 aliphatic heterocycles. The predicted molar refractivity (Wildman–Crippen MR) is 70.0 cm³/mol. The third-order valence-corrected chi connectivity index (χ3v) is 4.07. The van der Waals surface area contributed by atoms with Crippen molar-refractivity contribution < 1.29 is 0 Å². The standard InChI is InChI=1S/C13H20N4/c1-9-10(14)4-5-13(15-9)16-11-6-8-17-7-2-3-12(11)17/h4-5,11-12H,2-3,6-8,14H2,1H3,(H,15,16). The largest absolute Gasteiger partial charge is 0.397 e. The summed E-state index contributed by atoms with van der Waals surface area (Å²) in [5.41, 5.74) is 7.47. The van der Waals surface area contributed by atoms with E-state index in [-0.39, 0.29) is 0 Å². The molecule has 0 aromatic carbocycles. The molecule has 92 valence electrons. The Labute approximate surface area is 102 Å². The summed E-state index contributed by atoms with van der Waals surface area (Å²) in [7, 11) is 0. The number of nitrogen functional groups attached to an aromatic ring is 1. The molecule has 0 aliphatic carbocycles. The van der Waals surface area contributed by atoms with E-state index >= 15 is 0 Å². The summed E-state index contributed by atoms with van der Waals surface area (Å²) in [6.45, 7) is 4.46. The third-order valence-electron chi connectivity index (χ3n) is 4.07. The number of aryl methyl sites for hydroxylation is 1. The number of fused-ring (bicyclic) bond motifs is 1. The average Bonchev–Trinajstić information content (AvgIpc) is 2.88. The predicted octanol–water partition coefficient (Wildman–Crippen LogP) is 1.62. The molecule has 0 spiro atoms. The van der Waals surface area contributed by atoms with Crippen molar-refractivity contribution in [2.45, 2.75) is 38.3 Å². The summed E-state index contributed by atoms with van der Waals surface area (Å²) < 4.78 is 0. The molecule has 3 heterocycles. The summed E-state index contributed by atoms with van der Waals surface area (Å²) in [6.07, 6.45) is 3.90. The number of hydrogen-bond acceptors (Lipinski definition) is 4. The molecule has 1 aromatic heterocycles. The van der Waals surface area contributed by atoms with Crippen molar-refractivity contribution in [3.8, 4) is 0 Å². The number of anilines is 2. The van der Waals surface area contributed by atoms with Crippen molar-refractivity contribution >= 4 is 11.5 Å². The average molecular weight is 232 g/mol. The Kier molecular flexibility index (Phi) is 2.67. The van der Waals surface area contributed by atoms with E-state index in [0.717, 1.165) is 23.2 Å². The maximum atomic E-state index is 5.78. The van der Waals surface area contributed by atoms with Gasteiger partial charge in [0.25, 0.3) is 0 Å². The van der Waals surface area contributed by atoms with Crippen LogP contribution in [0.1, 0.15) is 25.0 Å². The first kappa shape index (κ1) is 10.8. The topological polar surface area (TPSA) is 54.2 Å². The molecule has 0 radical (unpaired) electrons. The molecule has 2 unspecified atom stereocenters. The molecule has 0 saturated carbocycles. The molecule has 2 atom stereocenters. The number of hydrogen-bond donors (Lipinski definition) is 2. The van der Waals surface area contributed by atoms with Crippen LogP contribution in [0, 0.1) is 6.92 Å². The van der Waals surface area contributed by atoms with Crippen LogP contribution in [0.4, 0.5) is 11.5 Å². The van der Waals surface area contributed by atoms with Crippen molar-refractivity contribution in [3.63, 3.8) is 0 Å². The van der Waals surface area contributed by atoms with Crippen LogP contribution in [0.3, 0.4) is 0 Å². The van der Waals surface area contributed by atoms with Crippen LogP contribution in [0.15, 0.2) is 12.1 Å². The molecular formula is C13H20N4. The zero-order chi connectivity index (χ0) is 11.8. The summed E-state index contributed by atoms with van der Waals surface area (Å²) in [4.78, 5) is 7.09. The normalized spacial score (nSPS) is 28.3. The molecule has 2 aliphatic rings. The Hall–Kier alpha value is -1.29. The Balaban J connectivity index is 1.72. The van der Waals surface area contributed by atoms with Crippen LogP contribution in [0.25, 0.3) is 0 Å². The summed E-state index contributed by atoms with van der Waals surface area (Å²) in [6, 6.07) is 5.20. The monoisotopic (exact) mass is 232 g/mol. The lowest BCUT2D eigenvalue weighted by atomic mass is 10.1. The van der Waals surface area contributed by atoms with E-state index in [1.165, 1.54) is 32.4 Å². The second-order valence-electron chi connectivity index (χ2n) is 5.16. The smallest absolute Gasteiger partial charge is 0.126 e. The number of aromatic nitrogens is 1. The second-order valence-corrected chi connectivity index (χ2v) is 5.16. The first-order valence-electron chi connectivity index (χ1n) is 6.48. The van der Waals surface area contributed by atoms with Gasteiger partial charge in [0.1, 0.15) is 5.82 Å².